The van der Waals surface area contributed by atoms with Gasteiger partial charge in [-0.25, -0.2) is 0 Å². The molecule has 1 heterocycles. The van der Waals surface area contributed by atoms with Crippen molar-refractivity contribution in [3.8, 4) is 0 Å². The average molecular weight is 265 g/mol. The minimum absolute atomic E-state index is 0.0342. The van der Waals surface area contributed by atoms with Crippen LogP contribution in [0.2, 0.25) is 0 Å². The molecule has 0 saturated heterocycles. The number of nitrogens with zero attached hydrogens (tertiary/aromatic N) is 2. The Morgan fingerprint density at radius 2 is 2.28 bits per heavy atom. The van der Waals surface area contributed by atoms with E-state index >= 15 is 0 Å². The van der Waals surface area contributed by atoms with Gasteiger partial charge in [-0.3, -0.25) is 9.78 Å². The number of thiocarbonyl (C=S) groups is 1. The van der Waals surface area contributed by atoms with E-state index < -0.39 is 0 Å². The number of amides is 1. The van der Waals surface area contributed by atoms with Gasteiger partial charge in [-0.05, 0) is 11.6 Å². The van der Waals surface area contributed by atoms with Gasteiger partial charge in [-0.2, -0.15) is 0 Å². The fourth-order valence-corrected chi connectivity index (χ4v) is 1.68. The van der Waals surface area contributed by atoms with E-state index in [1.54, 1.807) is 17.3 Å². The third kappa shape index (κ3) is 4.79. The first kappa shape index (κ1) is 14.6. The van der Waals surface area contributed by atoms with Crippen LogP contribution in [-0.2, 0) is 11.3 Å². The van der Waals surface area contributed by atoms with Crippen molar-refractivity contribution in [3.05, 3.63) is 30.1 Å². The van der Waals surface area contributed by atoms with Crippen molar-refractivity contribution in [1.82, 2.24) is 9.88 Å². The number of hydrogen-bond acceptors (Lipinski definition) is 3. The molecule has 1 rings (SSSR count). The lowest BCUT2D eigenvalue weighted by atomic mass is 10.1. The zero-order chi connectivity index (χ0) is 13.5. The Hall–Kier alpha value is -1.49. The molecule has 1 aromatic heterocycles. The molecule has 5 heteroatoms. The van der Waals surface area contributed by atoms with E-state index in [0.717, 1.165) is 5.56 Å². The molecule has 2 N–H and O–H groups in total. The molecule has 0 aliphatic heterocycles. The molecule has 18 heavy (non-hydrogen) atoms. The summed E-state index contributed by atoms with van der Waals surface area (Å²) in [6.07, 6.45) is 4.03. The summed E-state index contributed by atoms with van der Waals surface area (Å²) in [5, 5.41) is 0. The molecule has 0 saturated carbocycles. The summed E-state index contributed by atoms with van der Waals surface area (Å²) in [6, 6.07) is 3.81. The Kier molecular flexibility index (Phi) is 5.71. The van der Waals surface area contributed by atoms with E-state index in [0.29, 0.717) is 24.5 Å². The lowest BCUT2D eigenvalue weighted by Crippen LogP contribution is -2.36. The average Bonchev–Trinajstić information content (AvgIpc) is 2.34. The van der Waals surface area contributed by atoms with Crippen LogP contribution >= 0.6 is 12.2 Å². The predicted molar refractivity (Wildman–Crippen MR) is 75.9 cm³/mol. The molecule has 1 amide bonds. The summed E-state index contributed by atoms with van der Waals surface area (Å²) in [5.41, 5.74) is 6.50. The van der Waals surface area contributed by atoms with Gasteiger partial charge in [-0.1, -0.05) is 32.1 Å². The lowest BCUT2D eigenvalue weighted by molar-refractivity contribution is -0.135. The summed E-state index contributed by atoms with van der Waals surface area (Å²) >= 11 is 4.86. The third-order valence-corrected chi connectivity index (χ3v) is 2.73. The predicted octanol–water partition coefficient (Wildman–Crippen LogP) is 1.74. The van der Waals surface area contributed by atoms with Gasteiger partial charge in [0.1, 0.15) is 0 Å². The number of rotatable bonds is 6. The van der Waals surface area contributed by atoms with E-state index in [2.05, 4.69) is 4.98 Å². The first-order valence-electron chi connectivity index (χ1n) is 5.96. The molecule has 1 aromatic rings. The smallest absolute Gasteiger partial charge is 0.225 e. The SMILES string of the molecule is CC(C)C(=O)N(CCC(N)=S)Cc1cccnc1. The van der Waals surface area contributed by atoms with Gasteiger partial charge in [-0.15, -0.1) is 0 Å². The standard InChI is InChI=1S/C13H19N3OS/c1-10(2)13(17)16(7-5-12(14)18)9-11-4-3-6-15-8-11/h3-4,6,8,10H,5,7,9H2,1-2H3,(H2,14,18). The molecule has 4 nitrogen and oxygen atoms in total. The number of carbonyl (C=O) groups excluding carboxylic acids is 1. The molecule has 0 radical (unpaired) electrons. The van der Waals surface area contributed by atoms with Gasteiger partial charge in [0.05, 0.1) is 4.99 Å². The van der Waals surface area contributed by atoms with Crippen molar-refractivity contribution >= 4 is 23.1 Å². The second-order valence-electron chi connectivity index (χ2n) is 4.49. The van der Waals surface area contributed by atoms with Crippen LogP contribution in [0.4, 0.5) is 0 Å². The van der Waals surface area contributed by atoms with E-state index in [4.69, 9.17) is 18.0 Å². The zero-order valence-corrected chi connectivity index (χ0v) is 11.6. The van der Waals surface area contributed by atoms with Crippen LogP contribution in [0, 0.1) is 5.92 Å². The van der Waals surface area contributed by atoms with Crippen LogP contribution in [0.15, 0.2) is 24.5 Å². The Bertz CT molecular complexity index is 406. The van der Waals surface area contributed by atoms with E-state index in [9.17, 15) is 4.79 Å². The number of nitrogens with two attached hydrogens (primary N) is 1. The fourth-order valence-electron chi connectivity index (χ4n) is 1.59. The van der Waals surface area contributed by atoms with Crippen LogP contribution in [0.5, 0.6) is 0 Å². The topological polar surface area (TPSA) is 59.2 Å². The maximum atomic E-state index is 12.1. The molecule has 0 fully saturated rings. The highest BCUT2D eigenvalue weighted by Gasteiger charge is 2.17. The van der Waals surface area contributed by atoms with Gasteiger partial charge in [0.2, 0.25) is 5.91 Å². The van der Waals surface area contributed by atoms with Gasteiger partial charge in [0.25, 0.3) is 0 Å². The Morgan fingerprint density at radius 1 is 1.56 bits per heavy atom. The molecule has 0 atom stereocenters. The number of aromatic nitrogens is 1. The highest BCUT2D eigenvalue weighted by Crippen LogP contribution is 2.08. The Morgan fingerprint density at radius 3 is 2.78 bits per heavy atom. The second-order valence-corrected chi connectivity index (χ2v) is 5.02. The van der Waals surface area contributed by atoms with Crippen molar-refractivity contribution in [2.45, 2.75) is 26.8 Å². The molecule has 0 aromatic carbocycles. The van der Waals surface area contributed by atoms with Crippen molar-refractivity contribution in [1.29, 1.82) is 0 Å². The lowest BCUT2D eigenvalue weighted by Gasteiger charge is -2.24. The number of carbonyl (C=O) groups is 1. The summed E-state index contributed by atoms with van der Waals surface area (Å²) in [4.78, 5) is 18.3. The van der Waals surface area contributed by atoms with E-state index in [1.807, 2.05) is 26.0 Å². The highest BCUT2D eigenvalue weighted by molar-refractivity contribution is 7.80. The maximum Gasteiger partial charge on any atom is 0.225 e. The molecule has 0 unspecified atom stereocenters. The Balaban J connectivity index is 2.71. The fraction of sp³-hybridized carbons (Fsp3) is 0.462. The van der Waals surface area contributed by atoms with Crippen molar-refractivity contribution in [3.63, 3.8) is 0 Å². The first-order valence-corrected chi connectivity index (χ1v) is 6.37. The molecule has 0 bridgehead atoms. The number of hydrogen-bond donors (Lipinski definition) is 1. The van der Waals surface area contributed by atoms with Crippen LogP contribution in [0.3, 0.4) is 0 Å². The van der Waals surface area contributed by atoms with Gasteiger partial charge in [0.15, 0.2) is 0 Å². The van der Waals surface area contributed by atoms with Crippen molar-refractivity contribution in [2.24, 2.45) is 11.7 Å². The van der Waals surface area contributed by atoms with Crippen LogP contribution in [0.25, 0.3) is 0 Å². The van der Waals surface area contributed by atoms with Gasteiger partial charge >= 0.3 is 0 Å². The third-order valence-electron chi connectivity index (χ3n) is 2.53. The first-order chi connectivity index (χ1) is 8.50. The minimum atomic E-state index is -0.0342. The van der Waals surface area contributed by atoms with Crippen molar-refractivity contribution < 1.29 is 4.79 Å². The molecule has 98 valence electrons. The molecule has 0 aliphatic carbocycles. The molecule has 0 spiro atoms. The summed E-state index contributed by atoms with van der Waals surface area (Å²) in [7, 11) is 0. The van der Waals surface area contributed by atoms with Gasteiger partial charge in [0, 0.05) is 37.8 Å². The minimum Gasteiger partial charge on any atom is -0.393 e. The van der Waals surface area contributed by atoms with Crippen LogP contribution < -0.4 is 5.73 Å². The monoisotopic (exact) mass is 265 g/mol. The van der Waals surface area contributed by atoms with Crippen molar-refractivity contribution in [2.75, 3.05) is 6.54 Å². The molecular weight excluding hydrogens is 246 g/mol. The largest absolute Gasteiger partial charge is 0.393 e. The normalized spacial score (nSPS) is 10.4. The quantitative estimate of drug-likeness (QED) is 0.796. The second kappa shape index (κ2) is 7.06. The molecule has 0 aliphatic rings. The summed E-state index contributed by atoms with van der Waals surface area (Å²) < 4.78 is 0. The van der Waals surface area contributed by atoms with Crippen LogP contribution in [0.1, 0.15) is 25.8 Å². The van der Waals surface area contributed by atoms with E-state index in [-0.39, 0.29) is 11.8 Å². The number of pyridine rings is 1. The van der Waals surface area contributed by atoms with E-state index in [1.165, 1.54) is 0 Å². The molecular formula is C13H19N3OS. The maximum absolute atomic E-state index is 12.1. The van der Waals surface area contributed by atoms with Gasteiger partial charge < -0.3 is 10.6 Å². The highest BCUT2D eigenvalue weighted by atomic mass is 32.1. The Labute approximate surface area is 113 Å². The zero-order valence-electron chi connectivity index (χ0n) is 10.8. The van der Waals surface area contributed by atoms with Crippen LogP contribution in [-0.4, -0.2) is 27.3 Å². The summed E-state index contributed by atoms with van der Waals surface area (Å²) in [5.74, 6) is 0.0723. The summed E-state index contributed by atoms with van der Waals surface area (Å²) in [6.45, 7) is 4.88.